The van der Waals surface area contributed by atoms with Crippen molar-refractivity contribution in [2.45, 2.75) is 53.4 Å². The molecule has 1 rings (SSSR count). The molecule has 4 unspecified atom stereocenters. The molecule has 4 atom stereocenters. The second kappa shape index (κ2) is 4.30. The molecule has 0 aromatic heterocycles. The molecule has 0 nitrogen and oxygen atoms in total. The van der Waals surface area contributed by atoms with Gasteiger partial charge in [-0.2, -0.15) is 0 Å². The number of unbranched alkanes of at least 4 members (excludes halogenated alkanes) is 1. The highest BCUT2D eigenvalue weighted by atomic mass is 14.4. The maximum atomic E-state index is 2.45. The normalized spacial score (nSPS) is 42.0. The van der Waals surface area contributed by atoms with Crippen LogP contribution in [-0.4, -0.2) is 0 Å². The van der Waals surface area contributed by atoms with Crippen LogP contribution >= 0.6 is 0 Å². The van der Waals surface area contributed by atoms with Crippen LogP contribution in [0.25, 0.3) is 0 Å². The lowest BCUT2D eigenvalue weighted by atomic mass is 9.85. The molecule has 1 fully saturated rings. The van der Waals surface area contributed by atoms with Gasteiger partial charge in [-0.15, -0.1) is 0 Å². The minimum Gasteiger partial charge on any atom is -0.0654 e. The summed E-state index contributed by atoms with van der Waals surface area (Å²) < 4.78 is 0. The fourth-order valence-electron chi connectivity index (χ4n) is 2.90. The molecule has 0 aromatic rings. The van der Waals surface area contributed by atoms with Gasteiger partial charge in [-0.05, 0) is 36.5 Å². The van der Waals surface area contributed by atoms with Gasteiger partial charge in [-0.3, -0.25) is 0 Å². The summed E-state index contributed by atoms with van der Waals surface area (Å²) in [4.78, 5) is 0. The topological polar surface area (TPSA) is 0 Å². The van der Waals surface area contributed by atoms with E-state index in [1.165, 1.54) is 25.7 Å². The fraction of sp³-hybridized carbons (Fsp3) is 1.00. The molecule has 0 amide bonds. The summed E-state index contributed by atoms with van der Waals surface area (Å²) >= 11 is 0. The molecule has 72 valence electrons. The van der Waals surface area contributed by atoms with Crippen LogP contribution in [0.4, 0.5) is 0 Å². The molecule has 1 saturated carbocycles. The van der Waals surface area contributed by atoms with Crippen molar-refractivity contribution >= 4 is 0 Å². The maximum absolute atomic E-state index is 2.45. The second-order valence-corrected chi connectivity index (χ2v) is 4.86. The van der Waals surface area contributed by atoms with Crippen molar-refractivity contribution in [2.75, 3.05) is 0 Å². The number of hydrogen-bond acceptors (Lipinski definition) is 0. The molecule has 0 spiro atoms. The van der Waals surface area contributed by atoms with Gasteiger partial charge in [0.25, 0.3) is 0 Å². The summed E-state index contributed by atoms with van der Waals surface area (Å²) in [6.07, 6.45) is 5.75. The molecular weight excluding hydrogens is 144 g/mol. The molecule has 0 bridgehead atoms. The van der Waals surface area contributed by atoms with Crippen LogP contribution in [0.2, 0.25) is 0 Å². The average molecular weight is 168 g/mol. The van der Waals surface area contributed by atoms with E-state index in [1.807, 2.05) is 0 Å². The average Bonchev–Trinajstić information content (AvgIpc) is 2.25. The molecule has 0 aromatic carbocycles. The second-order valence-electron chi connectivity index (χ2n) is 4.86. The highest BCUT2D eigenvalue weighted by Crippen LogP contribution is 2.43. The molecule has 12 heavy (non-hydrogen) atoms. The maximum Gasteiger partial charge on any atom is -0.0360 e. The van der Waals surface area contributed by atoms with Crippen LogP contribution < -0.4 is 0 Å². The van der Waals surface area contributed by atoms with Crippen LogP contribution in [0.3, 0.4) is 0 Å². The van der Waals surface area contributed by atoms with Gasteiger partial charge in [-0.25, -0.2) is 0 Å². The third-order valence-electron chi connectivity index (χ3n) is 3.94. The molecule has 0 heteroatoms. The SMILES string of the molecule is CCCCC1C(C)CC(C)C1C. The largest absolute Gasteiger partial charge is 0.0654 e. The third-order valence-corrected chi connectivity index (χ3v) is 3.94. The lowest BCUT2D eigenvalue weighted by molar-refractivity contribution is 0.296. The Morgan fingerprint density at radius 2 is 1.75 bits per heavy atom. The van der Waals surface area contributed by atoms with Gasteiger partial charge in [0.2, 0.25) is 0 Å². The predicted molar refractivity (Wildman–Crippen MR) is 55.1 cm³/mol. The zero-order valence-corrected chi connectivity index (χ0v) is 9.14. The summed E-state index contributed by atoms with van der Waals surface area (Å²) in [5.41, 5.74) is 0. The highest BCUT2D eigenvalue weighted by molar-refractivity contribution is 4.84. The molecule has 0 radical (unpaired) electrons. The van der Waals surface area contributed by atoms with Gasteiger partial charge >= 0.3 is 0 Å². The van der Waals surface area contributed by atoms with Crippen molar-refractivity contribution in [1.82, 2.24) is 0 Å². The first-order valence-corrected chi connectivity index (χ1v) is 5.66. The van der Waals surface area contributed by atoms with Crippen molar-refractivity contribution in [3.8, 4) is 0 Å². The first-order valence-electron chi connectivity index (χ1n) is 5.66. The highest BCUT2D eigenvalue weighted by Gasteiger charge is 2.34. The summed E-state index contributed by atoms with van der Waals surface area (Å²) in [7, 11) is 0. The Labute approximate surface area is 77.7 Å². The van der Waals surface area contributed by atoms with Crippen molar-refractivity contribution in [3.63, 3.8) is 0 Å². The summed E-state index contributed by atoms with van der Waals surface area (Å²) in [6, 6.07) is 0. The van der Waals surface area contributed by atoms with E-state index in [0.717, 1.165) is 23.7 Å². The van der Waals surface area contributed by atoms with Gasteiger partial charge < -0.3 is 0 Å². The van der Waals surface area contributed by atoms with E-state index in [-0.39, 0.29) is 0 Å². The first-order chi connectivity index (χ1) is 5.66. The lowest BCUT2D eigenvalue weighted by Crippen LogP contribution is -2.12. The first kappa shape index (κ1) is 10.1. The number of rotatable bonds is 3. The monoisotopic (exact) mass is 168 g/mol. The van der Waals surface area contributed by atoms with Crippen LogP contribution in [0, 0.1) is 23.7 Å². The minimum absolute atomic E-state index is 0.974. The van der Waals surface area contributed by atoms with E-state index in [1.54, 1.807) is 0 Å². The molecular formula is C12H24. The van der Waals surface area contributed by atoms with Crippen LogP contribution in [-0.2, 0) is 0 Å². The zero-order chi connectivity index (χ0) is 9.14. The Kier molecular flexibility index (Phi) is 3.61. The van der Waals surface area contributed by atoms with Gasteiger partial charge in [-0.1, -0.05) is 40.5 Å². The Hall–Kier alpha value is 0. The molecule has 0 N–H and O–H groups in total. The van der Waals surface area contributed by atoms with Gasteiger partial charge in [0.05, 0.1) is 0 Å². The van der Waals surface area contributed by atoms with Crippen LogP contribution in [0.15, 0.2) is 0 Å². The summed E-state index contributed by atoms with van der Waals surface area (Å²) in [6.45, 7) is 9.62. The van der Waals surface area contributed by atoms with Crippen molar-refractivity contribution in [3.05, 3.63) is 0 Å². The molecule has 0 saturated heterocycles. The molecule has 0 aliphatic heterocycles. The Morgan fingerprint density at radius 3 is 2.17 bits per heavy atom. The van der Waals surface area contributed by atoms with E-state index in [9.17, 15) is 0 Å². The minimum atomic E-state index is 0.974. The summed E-state index contributed by atoms with van der Waals surface area (Å²) in [5.74, 6) is 3.97. The Balaban J connectivity index is 2.40. The fourth-order valence-corrected chi connectivity index (χ4v) is 2.90. The van der Waals surface area contributed by atoms with E-state index in [4.69, 9.17) is 0 Å². The van der Waals surface area contributed by atoms with Gasteiger partial charge in [0.1, 0.15) is 0 Å². The number of hydrogen-bond donors (Lipinski definition) is 0. The smallest absolute Gasteiger partial charge is 0.0360 e. The van der Waals surface area contributed by atoms with E-state index in [0.29, 0.717) is 0 Å². The van der Waals surface area contributed by atoms with E-state index < -0.39 is 0 Å². The molecule has 1 aliphatic rings. The van der Waals surface area contributed by atoms with E-state index >= 15 is 0 Å². The summed E-state index contributed by atoms with van der Waals surface area (Å²) in [5, 5.41) is 0. The third kappa shape index (κ3) is 2.02. The van der Waals surface area contributed by atoms with Crippen LogP contribution in [0.5, 0.6) is 0 Å². The Morgan fingerprint density at radius 1 is 1.08 bits per heavy atom. The van der Waals surface area contributed by atoms with Gasteiger partial charge in [0.15, 0.2) is 0 Å². The van der Waals surface area contributed by atoms with Crippen LogP contribution in [0.1, 0.15) is 53.4 Å². The molecule has 0 heterocycles. The quantitative estimate of drug-likeness (QED) is 0.595. The van der Waals surface area contributed by atoms with Crippen molar-refractivity contribution < 1.29 is 0 Å². The standard InChI is InChI=1S/C12H24/c1-5-6-7-12-10(3)8-9(2)11(12)4/h9-12H,5-8H2,1-4H3. The van der Waals surface area contributed by atoms with E-state index in [2.05, 4.69) is 27.7 Å². The lowest BCUT2D eigenvalue weighted by Gasteiger charge is -2.20. The van der Waals surface area contributed by atoms with Crippen molar-refractivity contribution in [1.29, 1.82) is 0 Å². The zero-order valence-electron chi connectivity index (χ0n) is 9.14. The Bertz CT molecular complexity index is 128. The predicted octanol–water partition coefficient (Wildman–Crippen LogP) is 4.10. The molecule has 1 aliphatic carbocycles. The van der Waals surface area contributed by atoms with Crippen molar-refractivity contribution in [2.24, 2.45) is 23.7 Å². The van der Waals surface area contributed by atoms with Gasteiger partial charge in [0, 0.05) is 0 Å².